The maximum absolute atomic E-state index is 12.6. The molecule has 0 aromatic carbocycles. The number of hydrogen-bond donors (Lipinski definition) is 0. The zero-order chi connectivity index (χ0) is 24.6. The molecular formula is C29H56O4. The van der Waals surface area contributed by atoms with Crippen molar-refractivity contribution in [2.24, 2.45) is 11.8 Å². The molecule has 196 valence electrons. The van der Waals surface area contributed by atoms with E-state index in [4.69, 9.17) is 9.47 Å². The van der Waals surface area contributed by atoms with E-state index in [1.165, 1.54) is 77.0 Å². The van der Waals surface area contributed by atoms with Crippen LogP contribution in [0.3, 0.4) is 0 Å². The van der Waals surface area contributed by atoms with Crippen molar-refractivity contribution < 1.29 is 19.1 Å². The van der Waals surface area contributed by atoms with Crippen LogP contribution >= 0.6 is 0 Å². The monoisotopic (exact) mass is 468 g/mol. The van der Waals surface area contributed by atoms with Crippen LogP contribution in [-0.4, -0.2) is 25.2 Å². The summed E-state index contributed by atoms with van der Waals surface area (Å²) in [6.07, 6.45) is 21.3. The maximum atomic E-state index is 12.6. The van der Waals surface area contributed by atoms with Gasteiger partial charge < -0.3 is 9.47 Å². The Labute approximate surface area is 206 Å². The summed E-state index contributed by atoms with van der Waals surface area (Å²) in [4.78, 5) is 24.9. The van der Waals surface area contributed by atoms with Gasteiger partial charge in [0.05, 0.1) is 25.6 Å². The standard InChI is InChI=1S/C29H56O4/c1-5-7-9-11-13-15-17-19-23-32-28(30)25-27(22-21-26(3)4)29(31)33-24-20-18-16-14-12-10-8-6-2/h26-27H,5-25H2,1-4H3. The summed E-state index contributed by atoms with van der Waals surface area (Å²) in [5.41, 5.74) is 0. The van der Waals surface area contributed by atoms with Crippen molar-refractivity contribution in [1.29, 1.82) is 0 Å². The first-order chi connectivity index (χ1) is 16.0. The van der Waals surface area contributed by atoms with Crippen LogP contribution in [0, 0.1) is 11.8 Å². The van der Waals surface area contributed by atoms with Crippen LogP contribution in [0.1, 0.15) is 150 Å². The lowest BCUT2D eigenvalue weighted by Crippen LogP contribution is -2.23. The van der Waals surface area contributed by atoms with Gasteiger partial charge in [-0.3, -0.25) is 9.59 Å². The molecule has 0 rings (SSSR count). The van der Waals surface area contributed by atoms with E-state index in [0.29, 0.717) is 25.6 Å². The lowest BCUT2D eigenvalue weighted by molar-refractivity contribution is -0.155. The highest BCUT2D eigenvalue weighted by atomic mass is 16.5. The van der Waals surface area contributed by atoms with Crippen molar-refractivity contribution in [3.63, 3.8) is 0 Å². The molecule has 0 N–H and O–H groups in total. The molecule has 4 heteroatoms. The molecule has 0 aliphatic heterocycles. The second kappa shape index (κ2) is 24.1. The molecule has 33 heavy (non-hydrogen) atoms. The summed E-state index contributed by atoms with van der Waals surface area (Å²) in [7, 11) is 0. The Morgan fingerprint density at radius 1 is 0.576 bits per heavy atom. The molecule has 0 aromatic rings. The number of unbranched alkanes of at least 4 members (excludes halogenated alkanes) is 14. The topological polar surface area (TPSA) is 52.6 Å². The molecule has 0 fully saturated rings. The van der Waals surface area contributed by atoms with Crippen molar-refractivity contribution in [2.45, 2.75) is 150 Å². The van der Waals surface area contributed by atoms with Crippen LogP contribution in [0.15, 0.2) is 0 Å². The molecule has 0 heterocycles. The largest absolute Gasteiger partial charge is 0.466 e. The van der Waals surface area contributed by atoms with Crippen LogP contribution < -0.4 is 0 Å². The summed E-state index contributed by atoms with van der Waals surface area (Å²) >= 11 is 0. The Bertz CT molecular complexity index is 447. The van der Waals surface area contributed by atoms with E-state index >= 15 is 0 Å². The number of hydrogen-bond acceptors (Lipinski definition) is 4. The quantitative estimate of drug-likeness (QED) is 0.105. The summed E-state index contributed by atoms with van der Waals surface area (Å²) in [5.74, 6) is -0.341. The van der Waals surface area contributed by atoms with Gasteiger partial charge in [0.1, 0.15) is 0 Å². The fraction of sp³-hybridized carbons (Fsp3) is 0.931. The van der Waals surface area contributed by atoms with E-state index < -0.39 is 0 Å². The first-order valence-electron chi connectivity index (χ1n) is 14.3. The Balaban J connectivity index is 4.02. The van der Waals surface area contributed by atoms with E-state index in [-0.39, 0.29) is 24.3 Å². The molecule has 0 bridgehead atoms. The second-order valence-electron chi connectivity index (χ2n) is 10.2. The predicted octanol–water partition coefficient (Wildman–Crippen LogP) is 8.80. The fourth-order valence-electron chi connectivity index (χ4n) is 4.05. The molecule has 0 aliphatic carbocycles. The number of ether oxygens (including phenoxy) is 2. The maximum Gasteiger partial charge on any atom is 0.309 e. The second-order valence-corrected chi connectivity index (χ2v) is 10.2. The van der Waals surface area contributed by atoms with Crippen molar-refractivity contribution >= 4 is 11.9 Å². The third-order valence-corrected chi connectivity index (χ3v) is 6.34. The third kappa shape index (κ3) is 22.5. The van der Waals surface area contributed by atoms with E-state index in [0.717, 1.165) is 32.1 Å². The van der Waals surface area contributed by atoms with Gasteiger partial charge in [0, 0.05) is 0 Å². The van der Waals surface area contributed by atoms with Crippen molar-refractivity contribution in [1.82, 2.24) is 0 Å². The lowest BCUT2D eigenvalue weighted by Gasteiger charge is -2.16. The minimum absolute atomic E-state index is 0.153. The predicted molar refractivity (Wildman–Crippen MR) is 139 cm³/mol. The first-order valence-corrected chi connectivity index (χ1v) is 14.3. The summed E-state index contributed by atoms with van der Waals surface area (Å²) in [6, 6.07) is 0. The molecule has 0 radical (unpaired) electrons. The van der Waals surface area contributed by atoms with E-state index in [2.05, 4.69) is 27.7 Å². The Kier molecular flexibility index (Phi) is 23.3. The van der Waals surface area contributed by atoms with Crippen LogP contribution in [0.4, 0.5) is 0 Å². The summed E-state index contributed by atoms with van der Waals surface area (Å²) < 4.78 is 11.0. The van der Waals surface area contributed by atoms with Gasteiger partial charge in [0.2, 0.25) is 0 Å². The SMILES string of the molecule is CCCCCCCCCCOC(=O)CC(CCC(C)C)C(=O)OCCCCCCCCCC. The molecule has 0 spiro atoms. The Morgan fingerprint density at radius 2 is 1.00 bits per heavy atom. The molecule has 0 saturated heterocycles. The average Bonchev–Trinajstić information content (AvgIpc) is 2.79. The molecule has 0 amide bonds. The fourth-order valence-corrected chi connectivity index (χ4v) is 4.05. The van der Waals surface area contributed by atoms with Gasteiger partial charge >= 0.3 is 11.9 Å². The Morgan fingerprint density at radius 3 is 1.45 bits per heavy atom. The number of carbonyl (C=O) groups is 2. The number of esters is 2. The molecule has 0 saturated carbocycles. The molecule has 4 nitrogen and oxygen atoms in total. The summed E-state index contributed by atoms with van der Waals surface area (Å²) in [6.45, 7) is 9.70. The third-order valence-electron chi connectivity index (χ3n) is 6.34. The van der Waals surface area contributed by atoms with Crippen LogP contribution in [-0.2, 0) is 19.1 Å². The highest BCUT2D eigenvalue weighted by Gasteiger charge is 2.24. The van der Waals surface area contributed by atoms with Gasteiger partial charge in [-0.05, 0) is 25.2 Å². The van der Waals surface area contributed by atoms with E-state index in [1.54, 1.807) is 0 Å². The average molecular weight is 469 g/mol. The summed E-state index contributed by atoms with van der Waals surface area (Å²) in [5, 5.41) is 0. The molecular weight excluding hydrogens is 412 g/mol. The molecule has 1 atom stereocenters. The van der Waals surface area contributed by atoms with E-state index in [1.807, 2.05) is 0 Å². The van der Waals surface area contributed by atoms with Gasteiger partial charge in [-0.1, -0.05) is 124 Å². The smallest absolute Gasteiger partial charge is 0.309 e. The minimum atomic E-state index is -0.368. The first kappa shape index (κ1) is 31.9. The molecule has 0 aliphatic rings. The van der Waals surface area contributed by atoms with Gasteiger partial charge in [0.15, 0.2) is 0 Å². The van der Waals surface area contributed by atoms with Crippen LogP contribution in [0.5, 0.6) is 0 Å². The van der Waals surface area contributed by atoms with Gasteiger partial charge in [0.25, 0.3) is 0 Å². The van der Waals surface area contributed by atoms with Crippen molar-refractivity contribution in [3.8, 4) is 0 Å². The lowest BCUT2D eigenvalue weighted by atomic mass is 9.95. The van der Waals surface area contributed by atoms with Gasteiger partial charge in [-0.2, -0.15) is 0 Å². The highest BCUT2D eigenvalue weighted by Crippen LogP contribution is 2.19. The highest BCUT2D eigenvalue weighted by molar-refractivity contribution is 5.79. The minimum Gasteiger partial charge on any atom is -0.466 e. The Hall–Kier alpha value is -1.06. The van der Waals surface area contributed by atoms with Crippen LogP contribution in [0.25, 0.3) is 0 Å². The van der Waals surface area contributed by atoms with Gasteiger partial charge in [-0.25, -0.2) is 0 Å². The number of rotatable bonds is 24. The zero-order valence-electron chi connectivity index (χ0n) is 22.6. The zero-order valence-corrected chi connectivity index (χ0v) is 22.6. The molecule has 1 unspecified atom stereocenters. The molecule has 0 aromatic heterocycles. The van der Waals surface area contributed by atoms with Gasteiger partial charge in [-0.15, -0.1) is 0 Å². The van der Waals surface area contributed by atoms with E-state index in [9.17, 15) is 9.59 Å². The van der Waals surface area contributed by atoms with Crippen molar-refractivity contribution in [2.75, 3.05) is 13.2 Å². The normalized spacial score (nSPS) is 12.2. The van der Waals surface area contributed by atoms with Crippen molar-refractivity contribution in [3.05, 3.63) is 0 Å². The number of carbonyl (C=O) groups excluding carboxylic acids is 2. The van der Waals surface area contributed by atoms with Crippen LogP contribution in [0.2, 0.25) is 0 Å².